The number of halogens is 1. The lowest BCUT2D eigenvalue weighted by molar-refractivity contribution is -0.131. The highest BCUT2D eigenvalue weighted by Crippen LogP contribution is 2.27. The second-order valence-electron chi connectivity index (χ2n) is 7.40. The number of unbranched alkanes of at least 4 members (excludes halogenated alkanes) is 1. The molecule has 0 radical (unpaired) electrons. The Kier molecular flexibility index (Phi) is 6.89. The number of piperazine rings is 1. The lowest BCUT2D eigenvalue weighted by atomic mass is 10.0. The number of aromatic nitrogens is 2. The molecule has 2 aromatic rings. The molecule has 1 aromatic carbocycles. The number of benzene rings is 1. The molecule has 6 heteroatoms. The van der Waals surface area contributed by atoms with Crippen LogP contribution in [-0.4, -0.2) is 47.0 Å². The maximum Gasteiger partial charge on any atom is 0.222 e. The van der Waals surface area contributed by atoms with E-state index in [9.17, 15) is 4.79 Å². The maximum absolute atomic E-state index is 12.3. The van der Waals surface area contributed by atoms with Crippen LogP contribution in [0.1, 0.15) is 48.8 Å². The highest BCUT2D eigenvalue weighted by Gasteiger charge is 2.24. The Balaban J connectivity index is 1.79. The Labute approximate surface area is 172 Å². The average molecular weight is 401 g/mol. The first kappa shape index (κ1) is 20.6. The van der Waals surface area contributed by atoms with E-state index in [-0.39, 0.29) is 5.91 Å². The highest BCUT2D eigenvalue weighted by molar-refractivity contribution is 6.31. The van der Waals surface area contributed by atoms with Gasteiger partial charge in [0.1, 0.15) is 11.6 Å². The fraction of sp³-hybridized carbons (Fsp3) is 0.500. The predicted octanol–water partition coefficient (Wildman–Crippen LogP) is 4.18. The number of aryl methyl sites for hydroxylation is 2. The zero-order valence-corrected chi connectivity index (χ0v) is 17.8. The number of rotatable bonds is 6. The maximum atomic E-state index is 12.3. The van der Waals surface area contributed by atoms with Crippen LogP contribution in [0.2, 0.25) is 5.02 Å². The second kappa shape index (κ2) is 9.37. The molecule has 0 unspecified atom stereocenters. The number of carbonyl (C=O) groups excluding carboxylic acids is 1. The van der Waals surface area contributed by atoms with Crippen molar-refractivity contribution in [2.45, 2.75) is 46.5 Å². The van der Waals surface area contributed by atoms with E-state index in [1.165, 1.54) is 0 Å². The monoisotopic (exact) mass is 400 g/mol. The minimum atomic E-state index is 0.271. The Bertz CT molecular complexity index is 831. The third-order valence-electron chi connectivity index (χ3n) is 5.31. The number of hydrogen-bond donors (Lipinski definition) is 0. The summed E-state index contributed by atoms with van der Waals surface area (Å²) >= 11 is 6.39. The summed E-state index contributed by atoms with van der Waals surface area (Å²) in [4.78, 5) is 26.0. The van der Waals surface area contributed by atoms with E-state index in [1.807, 2.05) is 36.9 Å². The van der Waals surface area contributed by atoms with Gasteiger partial charge in [0.2, 0.25) is 5.91 Å². The van der Waals surface area contributed by atoms with Gasteiger partial charge in [0.15, 0.2) is 0 Å². The fourth-order valence-corrected chi connectivity index (χ4v) is 3.87. The molecule has 2 heterocycles. The summed E-state index contributed by atoms with van der Waals surface area (Å²) in [7, 11) is 0. The molecule has 1 aromatic heterocycles. The van der Waals surface area contributed by atoms with Crippen molar-refractivity contribution >= 4 is 23.3 Å². The third kappa shape index (κ3) is 4.82. The minimum Gasteiger partial charge on any atom is -0.353 e. The first-order chi connectivity index (χ1) is 13.5. The summed E-state index contributed by atoms with van der Waals surface area (Å²) < 4.78 is 0. The summed E-state index contributed by atoms with van der Waals surface area (Å²) in [6.45, 7) is 9.17. The van der Waals surface area contributed by atoms with E-state index in [1.54, 1.807) is 0 Å². The van der Waals surface area contributed by atoms with Crippen LogP contribution in [-0.2, 0) is 11.2 Å². The van der Waals surface area contributed by atoms with Crippen molar-refractivity contribution in [3.63, 3.8) is 0 Å². The Morgan fingerprint density at radius 2 is 1.82 bits per heavy atom. The van der Waals surface area contributed by atoms with Gasteiger partial charge in [-0.05, 0) is 31.9 Å². The number of anilines is 1. The quantitative estimate of drug-likeness (QED) is 0.729. The molecule has 1 aliphatic rings. The van der Waals surface area contributed by atoms with E-state index >= 15 is 0 Å². The Hall–Kier alpha value is -2.14. The largest absolute Gasteiger partial charge is 0.353 e. The molecule has 0 saturated carbocycles. The van der Waals surface area contributed by atoms with E-state index in [0.29, 0.717) is 12.8 Å². The summed E-state index contributed by atoms with van der Waals surface area (Å²) in [6, 6.07) is 7.92. The molecule has 0 bridgehead atoms. The molecule has 0 atom stereocenters. The zero-order chi connectivity index (χ0) is 20.1. The lowest BCUT2D eigenvalue weighted by Gasteiger charge is -2.36. The average Bonchev–Trinajstić information content (AvgIpc) is 2.69. The van der Waals surface area contributed by atoms with Crippen molar-refractivity contribution in [3.8, 4) is 0 Å². The third-order valence-corrected chi connectivity index (χ3v) is 5.67. The summed E-state index contributed by atoms with van der Waals surface area (Å²) in [5, 5.41) is 0.764. The number of amides is 1. The Morgan fingerprint density at radius 1 is 1.11 bits per heavy atom. The van der Waals surface area contributed by atoms with Crippen LogP contribution in [0, 0.1) is 13.8 Å². The molecule has 1 amide bonds. The van der Waals surface area contributed by atoms with Crippen LogP contribution in [0.25, 0.3) is 0 Å². The van der Waals surface area contributed by atoms with Crippen LogP contribution >= 0.6 is 11.6 Å². The molecular weight excluding hydrogens is 372 g/mol. The fourth-order valence-electron chi connectivity index (χ4n) is 3.67. The lowest BCUT2D eigenvalue weighted by Crippen LogP contribution is -2.49. The Morgan fingerprint density at radius 3 is 2.50 bits per heavy atom. The number of nitrogens with zero attached hydrogens (tertiary/aromatic N) is 4. The van der Waals surface area contributed by atoms with Crippen molar-refractivity contribution in [2.75, 3.05) is 31.1 Å². The summed E-state index contributed by atoms with van der Waals surface area (Å²) in [5.41, 5.74) is 3.18. The van der Waals surface area contributed by atoms with Gasteiger partial charge in [-0.1, -0.05) is 43.1 Å². The van der Waals surface area contributed by atoms with Crippen LogP contribution in [0.3, 0.4) is 0 Å². The van der Waals surface area contributed by atoms with Gasteiger partial charge >= 0.3 is 0 Å². The van der Waals surface area contributed by atoms with Crippen molar-refractivity contribution in [3.05, 3.63) is 51.9 Å². The smallest absolute Gasteiger partial charge is 0.222 e. The van der Waals surface area contributed by atoms with Gasteiger partial charge in [0.25, 0.3) is 0 Å². The standard InChI is InChI=1S/C22H29ClN4O/c1-4-5-10-21(28)26-11-13-27(14-12-26)22-19(16(2)24-17(3)25-22)15-18-8-6-7-9-20(18)23/h6-9H,4-5,10-15H2,1-3H3. The van der Waals surface area contributed by atoms with E-state index < -0.39 is 0 Å². The highest BCUT2D eigenvalue weighted by atomic mass is 35.5. The molecular formula is C22H29ClN4O. The van der Waals surface area contributed by atoms with Crippen molar-refractivity contribution in [1.29, 1.82) is 0 Å². The molecule has 1 saturated heterocycles. The molecule has 0 N–H and O–H groups in total. The first-order valence-corrected chi connectivity index (χ1v) is 10.5. The van der Waals surface area contributed by atoms with E-state index in [0.717, 1.165) is 72.5 Å². The summed E-state index contributed by atoms with van der Waals surface area (Å²) in [6.07, 6.45) is 3.37. The van der Waals surface area contributed by atoms with Crippen LogP contribution in [0.4, 0.5) is 5.82 Å². The van der Waals surface area contributed by atoms with Crippen molar-refractivity contribution in [2.24, 2.45) is 0 Å². The van der Waals surface area contributed by atoms with Crippen LogP contribution in [0.15, 0.2) is 24.3 Å². The van der Waals surface area contributed by atoms with Crippen molar-refractivity contribution < 1.29 is 4.79 Å². The predicted molar refractivity (Wildman–Crippen MR) is 114 cm³/mol. The zero-order valence-electron chi connectivity index (χ0n) is 17.0. The number of carbonyl (C=O) groups is 1. The van der Waals surface area contributed by atoms with Gasteiger partial charge in [-0.15, -0.1) is 0 Å². The number of hydrogen-bond acceptors (Lipinski definition) is 4. The molecule has 28 heavy (non-hydrogen) atoms. The molecule has 1 fully saturated rings. The van der Waals surface area contributed by atoms with Crippen LogP contribution < -0.4 is 4.90 Å². The SMILES string of the molecule is CCCCC(=O)N1CCN(c2nc(C)nc(C)c2Cc2ccccc2Cl)CC1. The second-order valence-corrected chi connectivity index (χ2v) is 7.81. The van der Waals surface area contributed by atoms with Gasteiger partial charge in [0, 0.05) is 55.3 Å². The van der Waals surface area contributed by atoms with Gasteiger partial charge in [-0.3, -0.25) is 4.79 Å². The molecule has 3 rings (SSSR count). The summed E-state index contributed by atoms with van der Waals surface area (Å²) in [5.74, 6) is 2.02. The van der Waals surface area contributed by atoms with Gasteiger partial charge in [0.05, 0.1) is 0 Å². The van der Waals surface area contributed by atoms with Gasteiger partial charge in [-0.2, -0.15) is 0 Å². The van der Waals surface area contributed by atoms with Crippen molar-refractivity contribution in [1.82, 2.24) is 14.9 Å². The van der Waals surface area contributed by atoms with Gasteiger partial charge < -0.3 is 9.80 Å². The normalized spacial score (nSPS) is 14.4. The van der Waals surface area contributed by atoms with E-state index in [4.69, 9.17) is 16.6 Å². The van der Waals surface area contributed by atoms with Gasteiger partial charge in [-0.25, -0.2) is 9.97 Å². The molecule has 0 aliphatic carbocycles. The molecule has 0 spiro atoms. The van der Waals surface area contributed by atoms with E-state index in [2.05, 4.69) is 22.9 Å². The molecule has 150 valence electrons. The van der Waals surface area contributed by atoms with Crippen LogP contribution in [0.5, 0.6) is 0 Å². The molecule has 1 aliphatic heterocycles. The molecule has 5 nitrogen and oxygen atoms in total. The minimum absolute atomic E-state index is 0.271. The first-order valence-electron chi connectivity index (χ1n) is 10.1. The topological polar surface area (TPSA) is 49.3 Å².